The number of fused-ring (bicyclic) bond motifs is 2. The Bertz CT molecular complexity index is 3270. The predicted molar refractivity (Wildman–Crippen MR) is 303 cm³/mol. The molecule has 0 bridgehead atoms. The molecule has 8 aromatic rings. The van der Waals surface area contributed by atoms with Gasteiger partial charge in [0, 0.05) is 98.3 Å². The van der Waals surface area contributed by atoms with Gasteiger partial charge in [0.1, 0.15) is 23.0 Å². The standard InChI is InChI=1S/C29H30FN3O2.C28H28FN3O2.C6H16Si/c1-19-14-22(11-13-31-19)28-24-16-21(9-10-26(24)33(2)32-28)27(34)15-20-6-5-12-29(35,17-20)18-23-7-3-4-8-25(23)30;1-18-13-21(10-12-30-18)27-23-15-20(8-9-25(23)31-32-27)26(33)14-19-5-4-11-28(34,16-19)17-22-6-2-3-7-24(22)29;1-4-7(5-2)6-3/h3-4,7-11,13-14,16,20,35H,5-6,12,15,17-18H2,1-2H3;2-3,6-10,12-13,15,19,34H,4-5,11,14,16-17H2,1H3,(H,31,32);7H,4-6H2,1-3H3. The number of carbonyl (C=O) groups excluding carboxylic acids is 2. The number of H-pyrrole nitrogens is 1. The minimum atomic E-state index is -0.981. The Labute approximate surface area is 448 Å². The van der Waals surface area contributed by atoms with E-state index in [1.807, 2.05) is 86.2 Å². The molecule has 4 aromatic carbocycles. The van der Waals surface area contributed by atoms with Crippen molar-refractivity contribution in [2.45, 2.75) is 141 Å². The molecule has 0 spiro atoms. The average molecular weight is 1050 g/mol. The number of ketones is 2. The predicted octanol–water partition coefficient (Wildman–Crippen LogP) is 13.9. The van der Waals surface area contributed by atoms with E-state index in [2.05, 4.69) is 40.9 Å². The third-order valence-corrected chi connectivity index (χ3v) is 19.3. The second-order valence-electron chi connectivity index (χ2n) is 21.7. The van der Waals surface area contributed by atoms with Gasteiger partial charge in [-0.15, -0.1) is 0 Å². The first-order valence-corrected chi connectivity index (χ1v) is 29.8. The first kappa shape index (κ1) is 55.7. The molecule has 4 atom stereocenters. The van der Waals surface area contributed by atoms with Crippen LogP contribution >= 0.6 is 0 Å². The zero-order valence-corrected chi connectivity index (χ0v) is 46.2. The molecule has 76 heavy (non-hydrogen) atoms. The number of aryl methyl sites for hydroxylation is 3. The first-order valence-electron chi connectivity index (χ1n) is 27.3. The smallest absolute Gasteiger partial charge is 0.163 e. The molecular weight excluding hydrogens is 971 g/mol. The van der Waals surface area contributed by atoms with Gasteiger partial charge in [0.15, 0.2) is 11.6 Å². The first-order chi connectivity index (χ1) is 36.6. The van der Waals surface area contributed by atoms with E-state index in [4.69, 9.17) is 5.10 Å². The van der Waals surface area contributed by atoms with Crippen molar-refractivity contribution in [1.82, 2.24) is 29.9 Å². The molecule has 2 fully saturated rings. The summed E-state index contributed by atoms with van der Waals surface area (Å²) >= 11 is 0. The molecule has 0 saturated heterocycles. The van der Waals surface area contributed by atoms with Crippen LogP contribution in [0.5, 0.6) is 0 Å². The van der Waals surface area contributed by atoms with E-state index >= 15 is 0 Å². The third-order valence-electron chi connectivity index (χ3n) is 15.9. The summed E-state index contributed by atoms with van der Waals surface area (Å²) in [5.74, 6) is -0.319. The second-order valence-corrected chi connectivity index (χ2v) is 25.8. The summed E-state index contributed by atoms with van der Waals surface area (Å²) in [6, 6.07) is 36.9. The summed E-state index contributed by atoms with van der Waals surface area (Å²) in [6.45, 7) is 10.9. The Hall–Kier alpha value is -6.54. The number of aromatic nitrogens is 6. The van der Waals surface area contributed by atoms with Crippen molar-refractivity contribution >= 4 is 42.2 Å². The number of rotatable bonds is 15. The van der Waals surface area contributed by atoms with E-state index in [0.717, 1.165) is 81.4 Å². The fourth-order valence-electron chi connectivity index (χ4n) is 11.7. The second kappa shape index (κ2) is 25.1. The molecule has 10 rings (SSSR count). The van der Waals surface area contributed by atoms with E-state index in [0.29, 0.717) is 60.8 Å². The molecule has 3 N–H and O–H groups in total. The number of hydrogen-bond acceptors (Lipinski definition) is 8. The molecule has 2 saturated carbocycles. The Morgan fingerprint density at radius 2 is 1.14 bits per heavy atom. The lowest BCUT2D eigenvalue weighted by Gasteiger charge is -2.37. The van der Waals surface area contributed by atoms with Gasteiger partial charge >= 0.3 is 0 Å². The highest BCUT2D eigenvalue weighted by molar-refractivity contribution is 6.58. The van der Waals surface area contributed by atoms with Gasteiger partial charge < -0.3 is 10.2 Å². The lowest BCUT2D eigenvalue weighted by atomic mass is 9.73. The molecule has 0 aliphatic heterocycles. The fraction of sp³-hybridized carbons (Fsp3) is 0.397. The van der Waals surface area contributed by atoms with Crippen LogP contribution in [-0.4, -0.2) is 71.7 Å². The van der Waals surface area contributed by atoms with Gasteiger partial charge in [0.25, 0.3) is 0 Å². The van der Waals surface area contributed by atoms with E-state index in [-0.39, 0.29) is 56.7 Å². The van der Waals surface area contributed by atoms with Crippen molar-refractivity contribution in [3.05, 3.63) is 167 Å². The molecule has 4 heterocycles. The molecule has 4 aromatic heterocycles. The highest BCUT2D eigenvalue weighted by atomic mass is 28.3. The Balaban J connectivity index is 0.000000179. The zero-order valence-electron chi connectivity index (χ0n) is 45.1. The Morgan fingerprint density at radius 3 is 1.63 bits per heavy atom. The minimum Gasteiger partial charge on any atom is -0.390 e. The monoisotopic (exact) mass is 1040 g/mol. The topological polar surface area (TPSA) is 147 Å². The molecule has 0 amide bonds. The number of hydrogen-bond donors (Lipinski definition) is 3. The summed E-state index contributed by atoms with van der Waals surface area (Å²) < 4.78 is 30.2. The van der Waals surface area contributed by atoms with Crippen LogP contribution in [-0.2, 0) is 19.9 Å². The molecule has 10 nitrogen and oxygen atoms in total. The molecular formula is C63H74F2N6O4Si. The summed E-state index contributed by atoms with van der Waals surface area (Å²) in [4.78, 5) is 35.1. The van der Waals surface area contributed by atoms with E-state index in [1.54, 1.807) is 48.8 Å². The van der Waals surface area contributed by atoms with E-state index < -0.39 is 11.2 Å². The van der Waals surface area contributed by atoms with Crippen molar-refractivity contribution in [2.24, 2.45) is 18.9 Å². The zero-order chi connectivity index (χ0) is 54.0. The van der Waals surface area contributed by atoms with Gasteiger partial charge in [-0.05, 0) is 148 Å². The van der Waals surface area contributed by atoms with Gasteiger partial charge in [-0.2, -0.15) is 10.2 Å². The Kier molecular flexibility index (Phi) is 18.4. The number of carbonyl (C=O) groups is 2. The summed E-state index contributed by atoms with van der Waals surface area (Å²) in [6.07, 6.45) is 10.5. The highest BCUT2D eigenvalue weighted by Gasteiger charge is 2.37. The van der Waals surface area contributed by atoms with Gasteiger partial charge in [-0.3, -0.25) is 29.3 Å². The fourth-order valence-corrected chi connectivity index (χ4v) is 13.4. The number of aromatic amines is 1. The van der Waals surface area contributed by atoms with Crippen LogP contribution in [0.25, 0.3) is 44.3 Å². The number of aliphatic hydroxyl groups is 2. The number of nitrogens with zero attached hydrogens (tertiary/aromatic N) is 5. The quantitative estimate of drug-likeness (QED) is 0.0679. The molecule has 2 aliphatic carbocycles. The largest absolute Gasteiger partial charge is 0.390 e. The number of halogens is 2. The summed E-state index contributed by atoms with van der Waals surface area (Å²) in [5.41, 5.74) is 7.60. The van der Waals surface area contributed by atoms with Gasteiger partial charge in [-0.1, -0.05) is 88.1 Å². The van der Waals surface area contributed by atoms with Crippen molar-refractivity contribution in [2.75, 3.05) is 0 Å². The molecule has 13 heteroatoms. The number of nitrogens with one attached hydrogen (secondary N) is 1. The number of Topliss-reactive ketones (excluding diaryl/α,β-unsaturated/α-hetero) is 2. The third kappa shape index (κ3) is 13.9. The van der Waals surface area contributed by atoms with Crippen LogP contribution < -0.4 is 0 Å². The van der Waals surface area contributed by atoms with Crippen LogP contribution in [0, 0.1) is 37.3 Å². The molecule has 398 valence electrons. The Morgan fingerprint density at radius 1 is 0.658 bits per heavy atom. The van der Waals surface area contributed by atoms with Crippen molar-refractivity contribution in [3.8, 4) is 22.5 Å². The molecule has 0 radical (unpaired) electrons. The van der Waals surface area contributed by atoms with Crippen molar-refractivity contribution in [3.63, 3.8) is 0 Å². The maximum Gasteiger partial charge on any atom is 0.163 e. The number of benzene rings is 4. The SMILES string of the molecule is CC[SiH](CC)CC.Cc1cc(-c2n[nH]c3ccc(C(=O)CC4CCCC(O)(Cc5ccccc5F)C4)cc23)ccn1.Cc1cc(-c2nn(C)c3ccc(C(=O)CC4CCCC(O)(Cc5ccccc5F)C4)cc23)ccn1. The highest BCUT2D eigenvalue weighted by Crippen LogP contribution is 2.40. The average Bonchev–Trinajstić information content (AvgIpc) is 3.99. The van der Waals surface area contributed by atoms with Crippen molar-refractivity contribution < 1.29 is 28.6 Å². The van der Waals surface area contributed by atoms with Gasteiger partial charge in [0.2, 0.25) is 0 Å². The van der Waals surface area contributed by atoms with Crippen LogP contribution in [0.2, 0.25) is 18.1 Å². The molecule has 4 unspecified atom stereocenters. The minimum absolute atomic E-state index is 0.0556. The lowest BCUT2D eigenvalue weighted by Crippen LogP contribution is -2.38. The van der Waals surface area contributed by atoms with Crippen LogP contribution in [0.15, 0.2) is 122 Å². The number of pyridine rings is 2. The normalized spacial score (nSPS) is 19.5. The maximum absolute atomic E-state index is 14.2. The van der Waals surface area contributed by atoms with Crippen LogP contribution in [0.4, 0.5) is 8.78 Å². The van der Waals surface area contributed by atoms with Crippen molar-refractivity contribution in [1.29, 1.82) is 0 Å². The van der Waals surface area contributed by atoms with Gasteiger partial charge in [-0.25, -0.2) is 8.78 Å². The maximum atomic E-state index is 14.2. The van der Waals surface area contributed by atoms with E-state index in [1.165, 1.54) is 30.3 Å². The van der Waals surface area contributed by atoms with E-state index in [9.17, 15) is 28.6 Å². The van der Waals surface area contributed by atoms with Crippen LogP contribution in [0.3, 0.4) is 0 Å². The van der Waals surface area contributed by atoms with Crippen LogP contribution in [0.1, 0.15) is 128 Å². The molecule has 2 aliphatic rings. The van der Waals surface area contributed by atoms with Gasteiger partial charge in [0.05, 0.1) is 22.2 Å². The summed E-state index contributed by atoms with van der Waals surface area (Å²) in [5, 5.41) is 36.5. The summed E-state index contributed by atoms with van der Waals surface area (Å²) in [7, 11) is 1.73. The lowest BCUT2D eigenvalue weighted by molar-refractivity contribution is -0.0170.